The quantitative estimate of drug-likeness (QED) is 0.826. The van der Waals surface area contributed by atoms with Gasteiger partial charge in [-0.15, -0.1) is 0 Å². The summed E-state index contributed by atoms with van der Waals surface area (Å²) in [5.41, 5.74) is 0.324. The van der Waals surface area contributed by atoms with Crippen LogP contribution in [0.1, 0.15) is 44.4 Å². The fourth-order valence-electron chi connectivity index (χ4n) is 1.96. The maximum Gasteiger partial charge on any atom is 0.416 e. The molecule has 102 valence electrons. The van der Waals surface area contributed by atoms with Gasteiger partial charge in [-0.1, -0.05) is 32.9 Å². The molecule has 0 saturated heterocycles. The monoisotopic (exact) mass is 259 g/mol. The molecular weight excluding hydrogens is 239 g/mol. The molecule has 0 saturated carbocycles. The van der Waals surface area contributed by atoms with Crippen molar-refractivity contribution in [2.45, 2.75) is 39.4 Å². The summed E-state index contributed by atoms with van der Waals surface area (Å²) in [6.45, 7) is 7.01. The predicted octanol–water partition coefficient (Wildman–Crippen LogP) is 4.40. The first kappa shape index (κ1) is 15.0. The molecule has 1 aromatic rings. The van der Waals surface area contributed by atoms with Gasteiger partial charge >= 0.3 is 6.18 Å². The first-order chi connectivity index (χ1) is 8.34. The van der Waals surface area contributed by atoms with Gasteiger partial charge in [0.15, 0.2) is 0 Å². The Morgan fingerprint density at radius 3 is 2.06 bits per heavy atom. The molecule has 1 aromatic carbocycles. The molecule has 1 unspecified atom stereocenters. The highest BCUT2D eigenvalue weighted by atomic mass is 19.4. The molecule has 0 aliphatic carbocycles. The molecule has 0 bridgehead atoms. The van der Waals surface area contributed by atoms with E-state index in [0.717, 1.165) is 30.7 Å². The van der Waals surface area contributed by atoms with Crippen LogP contribution in [0.2, 0.25) is 0 Å². The Hall–Kier alpha value is -1.03. The highest BCUT2D eigenvalue weighted by molar-refractivity contribution is 5.26. The highest BCUT2D eigenvalue weighted by Gasteiger charge is 2.30. The van der Waals surface area contributed by atoms with Crippen LogP contribution >= 0.6 is 0 Å². The SMILES string of the molecule is CCNC(CC(C)C)c1ccc(C(F)(F)F)cc1. The smallest absolute Gasteiger partial charge is 0.310 e. The van der Waals surface area contributed by atoms with Crippen LogP contribution in [0.15, 0.2) is 24.3 Å². The van der Waals surface area contributed by atoms with Crippen molar-refractivity contribution in [1.82, 2.24) is 5.32 Å². The topological polar surface area (TPSA) is 12.0 Å². The van der Waals surface area contributed by atoms with E-state index in [2.05, 4.69) is 19.2 Å². The van der Waals surface area contributed by atoms with Crippen molar-refractivity contribution in [2.75, 3.05) is 6.54 Å². The van der Waals surface area contributed by atoms with Gasteiger partial charge in [-0.3, -0.25) is 0 Å². The summed E-state index contributed by atoms with van der Waals surface area (Å²) in [6.07, 6.45) is -3.34. The van der Waals surface area contributed by atoms with E-state index >= 15 is 0 Å². The number of hydrogen-bond donors (Lipinski definition) is 1. The zero-order valence-corrected chi connectivity index (χ0v) is 11.0. The van der Waals surface area contributed by atoms with Crippen molar-refractivity contribution in [3.05, 3.63) is 35.4 Å². The highest BCUT2D eigenvalue weighted by Crippen LogP contribution is 2.30. The van der Waals surface area contributed by atoms with Crippen molar-refractivity contribution >= 4 is 0 Å². The summed E-state index contributed by atoms with van der Waals surface area (Å²) < 4.78 is 37.4. The summed E-state index contributed by atoms with van der Waals surface area (Å²) >= 11 is 0. The third-order valence-corrected chi connectivity index (χ3v) is 2.80. The summed E-state index contributed by atoms with van der Waals surface area (Å²) in [4.78, 5) is 0. The second-order valence-corrected chi connectivity index (χ2v) is 4.86. The molecule has 0 fully saturated rings. The lowest BCUT2D eigenvalue weighted by Gasteiger charge is -2.21. The van der Waals surface area contributed by atoms with E-state index in [1.165, 1.54) is 0 Å². The van der Waals surface area contributed by atoms with Crippen molar-refractivity contribution in [1.29, 1.82) is 0 Å². The number of alkyl halides is 3. The van der Waals surface area contributed by atoms with Gasteiger partial charge in [0.1, 0.15) is 0 Å². The van der Waals surface area contributed by atoms with Gasteiger partial charge in [-0.2, -0.15) is 13.2 Å². The van der Waals surface area contributed by atoms with E-state index in [4.69, 9.17) is 0 Å². The Balaban J connectivity index is 2.86. The number of nitrogens with one attached hydrogen (secondary N) is 1. The Morgan fingerprint density at radius 2 is 1.67 bits per heavy atom. The van der Waals surface area contributed by atoms with E-state index in [9.17, 15) is 13.2 Å². The predicted molar refractivity (Wildman–Crippen MR) is 67.3 cm³/mol. The molecule has 1 nitrogen and oxygen atoms in total. The van der Waals surface area contributed by atoms with Gasteiger partial charge < -0.3 is 5.32 Å². The molecule has 0 spiro atoms. The van der Waals surface area contributed by atoms with E-state index in [1.54, 1.807) is 12.1 Å². The summed E-state index contributed by atoms with van der Waals surface area (Å²) in [7, 11) is 0. The summed E-state index contributed by atoms with van der Waals surface area (Å²) in [6, 6.07) is 5.56. The van der Waals surface area contributed by atoms with Crippen LogP contribution in [0.3, 0.4) is 0 Å². The zero-order chi connectivity index (χ0) is 13.8. The van der Waals surface area contributed by atoms with E-state index < -0.39 is 11.7 Å². The van der Waals surface area contributed by atoms with Gasteiger partial charge in [-0.25, -0.2) is 0 Å². The standard InChI is InChI=1S/C14H20F3N/c1-4-18-13(9-10(2)3)11-5-7-12(8-6-11)14(15,16)17/h5-8,10,13,18H,4,9H2,1-3H3. The van der Waals surface area contributed by atoms with Crippen LogP contribution in [-0.2, 0) is 6.18 Å². The van der Waals surface area contributed by atoms with Crippen LogP contribution in [-0.4, -0.2) is 6.54 Å². The number of benzene rings is 1. The van der Waals surface area contributed by atoms with Crippen LogP contribution in [0, 0.1) is 5.92 Å². The summed E-state index contributed by atoms with van der Waals surface area (Å²) in [5, 5.41) is 3.31. The van der Waals surface area contributed by atoms with Gasteiger partial charge in [0.25, 0.3) is 0 Å². The number of halogens is 3. The molecule has 0 aliphatic heterocycles. The van der Waals surface area contributed by atoms with Crippen LogP contribution in [0.5, 0.6) is 0 Å². The zero-order valence-electron chi connectivity index (χ0n) is 11.0. The van der Waals surface area contributed by atoms with Crippen LogP contribution < -0.4 is 5.32 Å². The first-order valence-corrected chi connectivity index (χ1v) is 6.25. The first-order valence-electron chi connectivity index (χ1n) is 6.25. The van der Waals surface area contributed by atoms with Crippen LogP contribution in [0.25, 0.3) is 0 Å². The summed E-state index contributed by atoms with van der Waals surface area (Å²) in [5.74, 6) is 0.497. The average Bonchev–Trinajstić information content (AvgIpc) is 2.27. The minimum absolute atomic E-state index is 0.122. The van der Waals surface area contributed by atoms with Gasteiger partial charge in [0.05, 0.1) is 5.56 Å². The van der Waals surface area contributed by atoms with Gasteiger partial charge in [-0.05, 0) is 36.6 Å². The lowest BCUT2D eigenvalue weighted by atomic mass is 9.96. The maximum atomic E-state index is 12.5. The molecule has 0 radical (unpaired) electrons. The van der Waals surface area contributed by atoms with E-state index in [0.29, 0.717) is 5.92 Å². The average molecular weight is 259 g/mol. The Labute approximate surface area is 106 Å². The Morgan fingerprint density at radius 1 is 1.11 bits per heavy atom. The van der Waals surface area contributed by atoms with Gasteiger partial charge in [0.2, 0.25) is 0 Å². The number of hydrogen-bond acceptors (Lipinski definition) is 1. The second kappa shape index (κ2) is 6.23. The Kier molecular flexibility index (Phi) is 5.20. The van der Waals surface area contributed by atoms with Crippen LogP contribution in [0.4, 0.5) is 13.2 Å². The third-order valence-electron chi connectivity index (χ3n) is 2.80. The lowest BCUT2D eigenvalue weighted by molar-refractivity contribution is -0.137. The van der Waals surface area contributed by atoms with E-state index in [-0.39, 0.29) is 6.04 Å². The normalized spacial score (nSPS) is 13.9. The fourth-order valence-corrected chi connectivity index (χ4v) is 1.96. The van der Waals surface area contributed by atoms with Crippen molar-refractivity contribution in [2.24, 2.45) is 5.92 Å². The minimum Gasteiger partial charge on any atom is -0.310 e. The van der Waals surface area contributed by atoms with Crippen molar-refractivity contribution in [3.8, 4) is 0 Å². The minimum atomic E-state index is -4.26. The molecule has 1 atom stereocenters. The van der Waals surface area contributed by atoms with Crippen molar-refractivity contribution in [3.63, 3.8) is 0 Å². The fraction of sp³-hybridized carbons (Fsp3) is 0.571. The molecule has 1 rings (SSSR count). The van der Waals surface area contributed by atoms with Crippen molar-refractivity contribution < 1.29 is 13.2 Å². The maximum absolute atomic E-state index is 12.5. The molecule has 18 heavy (non-hydrogen) atoms. The lowest BCUT2D eigenvalue weighted by Crippen LogP contribution is -2.22. The Bertz CT molecular complexity index is 354. The molecular formula is C14H20F3N. The van der Waals surface area contributed by atoms with Gasteiger partial charge in [0, 0.05) is 6.04 Å². The molecule has 1 N–H and O–H groups in total. The second-order valence-electron chi connectivity index (χ2n) is 4.86. The molecule has 4 heteroatoms. The molecule has 0 heterocycles. The molecule has 0 aromatic heterocycles. The number of rotatable bonds is 5. The third kappa shape index (κ3) is 4.33. The van der Waals surface area contributed by atoms with E-state index in [1.807, 2.05) is 6.92 Å². The largest absolute Gasteiger partial charge is 0.416 e. The molecule has 0 amide bonds. The molecule has 0 aliphatic rings.